The van der Waals surface area contributed by atoms with Crippen molar-refractivity contribution in [3.63, 3.8) is 0 Å². The number of amides is 1. The van der Waals surface area contributed by atoms with Crippen molar-refractivity contribution in [2.45, 2.75) is 19.4 Å². The highest BCUT2D eigenvalue weighted by atomic mass is 19.1. The van der Waals surface area contributed by atoms with Crippen molar-refractivity contribution in [3.05, 3.63) is 35.6 Å². The largest absolute Gasteiger partial charge is 0.342 e. The molecule has 0 spiro atoms. The molecule has 1 aliphatic heterocycles. The van der Waals surface area contributed by atoms with E-state index >= 15 is 0 Å². The van der Waals surface area contributed by atoms with Crippen LogP contribution in [0.3, 0.4) is 0 Å². The van der Waals surface area contributed by atoms with Gasteiger partial charge in [-0.1, -0.05) is 12.1 Å². The highest BCUT2D eigenvalue weighted by molar-refractivity contribution is 5.73. The van der Waals surface area contributed by atoms with Gasteiger partial charge in [-0.2, -0.15) is 0 Å². The third-order valence-corrected chi connectivity index (χ3v) is 3.89. The molecule has 1 fully saturated rings. The minimum Gasteiger partial charge on any atom is -0.342 e. The van der Waals surface area contributed by atoms with Crippen molar-refractivity contribution >= 4 is 5.91 Å². The minimum absolute atomic E-state index is 0.0857. The molecule has 2 rings (SSSR count). The monoisotopic (exact) mass is 279 g/mol. The summed E-state index contributed by atoms with van der Waals surface area (Å²) in [5.74, 6) is -0.110. The van der Waals surface area contributed by atoms with Gasteiger partial charge in [0.2, 0.25) is 5.91 Å². The summed E-state index contributed by atoms with van der Waals surface area (Å²) in [6, 6.07) is 6.61. The van der Waals surface area contributed by atoms with Crippen LogP contribution >= 0.6 is 0 Å². The molecule has 1 atom stereocenters. The molecule has 0 bridgehead atoms. The quantitative estimate of drug-likeness (QED) is 0.909. The van der Waals surface area contributed by atoms with E-state index in [1.54, 1.807) is 19.1 Å². The molecule has 1 aliphatic rings. The fraction of sp³-hybridized carbons (Fsp3) is 0.533. The Morgan fingerprint density at radius 3 is 2.55 bits per heavy atom. The average molecular weight is 279 g/mol. The third kappa shape index (κ3) is 3.55. The van der Waals surface area contributed by atoms with E-state index in [9.17, 15) is 9.18 Å². The Morgan fingerprint density at radius 1 is 1.25 bits per heavy atom. The molecule has 1 amide bonds. The summed E-state index contributed by atoms with van der Waals surface area (Å²) in [6.07, 6.45) is 0.942. The Hall–Kier alpha value is -1.46. The van der Waals surface area contributed by atoms with Crippen LogP contribution in [0.15, 0.2) is 24.3 Å². The molecule has 2 N–H and O–H groups in total. The van der Waals surface area contributed by atoms with E-state index in [0.717, 1.165) is 38.2 Å². The molecule has 110 valence electrons. The second-order valence-electron chi connectivity index (χ2n) is 5.20. The van der Waals surface area contributed by atoms with Crippen molar-refractivity contribution < 1.29 is 9.18 Å². The topological polar surface area (TPSA) is 49.6 Å². The number of rotatable bonds is 3. The highest BCUT2D eigenvalue weighted by Gasteiger charge is 2.23. The molecule has 5 heteroatoms. The fourth-order valence-electron chi connectivity index (χ4n) is 2.74. The summed E-state index contributed by atoms with van der Waals surface area (Å²) < 4.78 is 13.0. The Balaban J connectivity index is 2.07. The number of benzene rings is 1. The predicted octanol–water partition coefficient (Wildman–Crippen LogP) is 1.38. The number of nitrogens with two attached hydrogens (primary N) is 1. The predicted molar refractivity (Wildman–Crippen MR) is 76.6 cm³/mol. The van der Waals surface area contributed by atoms with Gasteiger partial charge in [0.05, 0.1) is 0 Å². The number of hydrogen-bond donors (Lipinski definition) is 1. The molecule has 1 aromatic carbocycles. The molecule has 0 aromatic heterocycles. The molecule has 0 radical (unpaired) electrons. The average Bonchev–Trinajstić information content (AvgIpc) is 2.68. The number of halogens is 1. The molecular weight excluding hydrogens is 257 g/mol. The lowest BCUT2D eigenvalue weighted by Crippen LogP contribution is -2.37. The van der Waals surface area contributed by atoms with Crippen molar-refractivity contribution in [2.75, 3.05) is 32.7 Å². The van der Waals surface area contributed by atoms with Crippen LogP contribution in [0.4, 0.5) is 4.39 Å². The van der Waals surface area contributed by atoms with Gasteiger partial charge in [-0.05, 0) is 24.1 Å². The smallest absolute Gasteiger partial charge is 0.219 e. The number of hydrogen-bond acceptors (Lipinski definition) is 3. The maximum absolute atomic E-state index is 13.0. The minimum atomic E-state index is -0.233. The SMILES string of the molecule is CC(=O)N1CCCN(C(CN)c2ccc(F)cc2)CC1. The normalized spacial score (nSPS) is 18.6. The van der Waals surface area contributed by atoms with Gasteiger partial charge in [0, 0.05) is 45.7 Å². The first-order valence-electron chi connectivity index (χ1n) is 7.07. The summed E-state index contributed by atoms with van der Waals surface area (Å²) in [7, 11) is 0. The van der Waals surface area contributed by atoms with Gasteiger partial charge in [0.25, 0.3) is 0 Å². The number of carbonyl (C=O) groups is 1. The van der Waals surface area contributed by atoms with Crippen LogP contribution < -0.4 is 5.73 Å². The maximum Gasteiger partial charge on any atom is 0.219 e. The maximum atomic E-state index is 13.0. The van der Waals surface area contributed by atoms with Gasteiger partial charge >= 0.3 is 0 Å². The lowest BCUT2D eigenvalue weighted by molar-refractivity contribution is -0.128. The first kappa shape index (κ1) is 14.9. The zero-order chi connectivity index (χ0) is 14.5. The first-order chi connectivity index (χ1) is 9.61. The van der Waals surface area contributed by atoms with Crippen LogP contribution in [-0.2, 0) is 4.79 Å². The standard InChI is InChI=1S/C15H22FN3O/c1-12(20)18-7-2-8-19(10-9-18)15(11-17)13-3-5-14(16)6-4-13/h3-6,15H,2,7-11,17H2,1H3. The second-order valence-corrected chi connectivity index (χ2v) is 5.20. The van der Waals surface area contributed by atoms with Crippen LogP contribution in [0.1, 0.15) is 24.9 Å². The highest BCUT2D eigenvalue weighted by Crippen LogP contribution is 2.21. The zero-order valence-corrected chi connectivity index (χ0v) is 11.9. The van der Waals surface area contributed by atoms with Crippen LogP contribution in [0.25, 0.3) is 0 Å². The van der Waals surface area contributed by atoms with E-state index in [4.69, 9.17) is 5.73 Å². The Labute approximate surface area is 119 Å². The summed E-state index contributed by atoms with van der Waals surface area (Å²) in [5, 5.41) is 0. The van der Waals surface area contributed by atoms with E-state index in [1.165, 1.54) is 12.1 Å². The van der Waals surface area contributed by atoms with E-state index < -0.39 is 0 Å². The van der Waals surface area contributed by atoms with Crippen LogP contribution in [0, 0.1) is 5.82 Å². The van der Waals surface area contributed by atoms with Crippen molar-refractivity contribution in [3.8, 4) is 0 Å². The van der Waals surface area contributed by atoms with E-state index in [2.05, 4.69) is 4.90 Å². The zero-order valence-electron chi connectivity index (χ0n) is 11.9. The van der Waals surface area contributed by atoms with E-state index in [-0.39, 0.29) is 17.8 Å². The first-order valence-corrected chi connectivity index (χ1v) is 7.07. The lowest BCUT2D eigenvalue weighted by atomic mass is 10.1. The molecule has 1 unspecified atom stereocenters. The van der Waals surface area contributed by atoms with Crippen LogP contribution in [0.2, 0.25) is 0 Å². The van der Waals surface area contributed by atoms with Crippen molar-refractivity contribution in [1.82, 2.24) is 9.80 Å². The van der Waals surface area contributed by atoms with Crippen molar-refractivity contribution in [2.24, 2.45) is 5.73 Å². The Bertz CT molecular complexity index is 449. The summed E-state index contributed by atoms with van der Waals surface area (Å²) >= 11 is 0. The van der Waals surface area contributed by atoms with Crippen molar-refractivity contribution in [1.29, 1.82) is 0 Å². The summed E-state index contributed by atoms with van der Waals surface area (Å²) in [5.41, 5.74) is 6.94. The molecule has 4 nitrogen and oxygen atoms in total. The molecule has 1 aromatic rings. The van der Waals surface area contributed by atoms with Gasteiger partial charge in [0.1, 0.15) is 5.82 Å². The molecule has 1 saturated heterocycles. The molecule has 1 heterocycles. The van der Waals surface area contributed by atoms with Gasteiger partial charge in [-0.3, -0.25) is 9.69 Å². The summed E-state index contributed by atoms with van der Waals surface area (Å²) in [6.45, 7) is 5.34. The van der Waals surface area contributed by atoms with Crippen LogP contribution in [0.5, 0.6) is 0 Å². The number of carbonyl (C=O) groups excluding carboxylic acids is 1. The summed E-state index contributed by atoms with van der Waals surface area (Å²) in [4.78, 5) is 15.6. The van der Waals surface area contributed by atoms with E-state index in [1.807, 2.05) is 4.90 Å². The number of nitrogens with zero attached hydrogens (tertiary/aromatic N) is 2. The second kappa shape index (κ2) is 6.81. The molecule has 20 heavy (non-hydrogen) atoms. The van der Waals surface area contributed by atoms with Gasteiger partial charge in [-0.25, -0.2) is 4.39 Å². The third-order valence-electron chi connectivity index (χ3n) is 3.89. The molecule has 0 saturated carbocycles. The fourth-order valence-corrected chi connectivity index (χ4v) is 2.74. The van der Waals surface area contributed by atoms with Crippen LogP contribution in [-0.4, -0.2) is 48.4 Å². The van der Waals surface area contributed by atoms with Gasteiger partial charge < -0.3 is 10.6 Å². The molecule has 0 aliphatic carbocycles. The van der Waals surface area contributed by atoms with E-state index in [0.29, 0.717) is 6.54 Å². The Kier molecular flexibility index (Phi) is 5.09. The van der Waals surface area contributed by atoms with Gasteiger partial charge in [-0.15, -0.1) is 0 Å². The Morgan fingerprint density at radius 2 is 1.95 bits per heavy atom. The molecular formula is C15H22FN3O. The van der Waals surface area contributed by atoms with Gasteiger partial charge in [0.15, 0.2) is 0 Å². The lowest BCUT2D eigenvalue weighted by Gasteiger charge is -2.30.